The number of nitrogens with one attached hydrogen (secondary N) is 1. The van der Waals surface area contributed by atoms with E-state index in [1.807, 2.05) is 65.7 Å². The van der Waals surface area contributed by atoms with Crippen LogP contribution < -0.4 is 5.32 Å². The van der Waals surface area contributed by atoms with Crippen molar-refractivity contribution in [2.75, 3.05) is 18.4 Å². The third-order valence-electron chi connectivity index (χ3n) is 5.40. The summed E-state index contributed by atoms with van der Waals surface area (Å²) >= 11 is 4.86. The summed E-state index contributed by atoms with van der Waals surface area (Å²) in [5.41, 5.74) is 3.58. The van der Waals surface area contributed by atoms with Crippen LogP contribution in [0.1, 0.15) is 28.8 Å². The molecule has 7 heteroatoms. The molecule has 154 valence electrons. The van der Waals surface area contributed by atoms with Gasteiger partial charge in [0.2, 0.25) is 5.91 Å². The molecule has 30 heavy (non-hydrogen) atoms. The molecular weight excluding hydrogens is 462 g/mol. The van der Waals surface area contributed by atoms with Crippen molar-refractivity contribution in [2.24, 2.45) is 5.92 Å². The van der Waals surface area contributed by atoms with E-state index in [-0.39, 0.29) is 17.7 Å². The standard InChI is InChI=1S/C23H22BrN3O2S/c1-15-4-2-3-5-19(15)22(29)27-12-10-17(11-13-27)21(28)26-23-25-20(14-30-23)16-6-8-18(24)9-7-16/h2-9,14,17H,10-13H2,1H3,(H,25,26,28). The minimum Gasteiger partial charge on any atom is -0.339 e. The first-order valence-corrected chi connectivity index (χ1v) is 11.6. The Morgan fingerprint density at radius 3 is 2.50 bits per heavy atom. The predicted octanol–water partition coefficient (Wildman–Crippen LogP) is 5.37. The summed E-state index contributed by atoms with van der Waals surface area (Å²) < 4.78 is 1.02. The van der Waals surface area contributed by atoms with Crippen molar-refractivity contribution in [3.05, 3.63) is 69.5 Å². The van der Waals surface area contributed by atoms with E-state index in [4.69, 9.17) is 0 Å². The molecule has 0 spiro atoms. The summed E-state index contributed by atoms with van der Waals surface area (Å²) in [5, 5.41) is 5.51. The number of aryl methyl sites for hydroxylation is 1. The van der Waals surface area contributed by atoms with Crippen molar-refractivity contribution < 1.29 is 9.59 Å². The lowest BCUT2D eigenvalue weighted by Gasteiger charge is -2.31. The maximum absolute atomic E-state index is 12.8. The fourth-order valence-corrected chi connectivity index (χ4v) is 4.61. The molecule has 2 aromatic carbocycles. The largest absolute Gasteiger partial charge is 0.339 e. The molecular formula is C23H22BrN3O2S. The van der Waals surface area contributed by atoms with Crippen molar-refractivity contribution in [1.82, 2.24) is 9.88 Å². The van der Waals surface area contributed by atoms with E-state index in [0.717, 1.165) is 26.9 Å². The molecule has 1 fully saturated rings. The Bertz CT molecular complexity index is 1060. The maximum atomic E-state index is 12.8. The van der Waals surface area contributed by atoms with Gasteiger partial charge in [-0.15, -0.1) is 11.3 Å². The number of hydrogen-bond acceptors (Lipinski definition) is 4. The highest BCUT2D eigenvalue weighted by atomic mass is 79.9. The Morgan fingerprint density at radius 1 is 1.10 bits per heavy atom. The number of likely N-dealkylation sites (tertiary alicyclic amines) is 1. The van der Waals surface area contributed by atoms with Gasteiger partial charge in [0.15, 0.2) is 5.13 Å². The number of carbonyl (C=O) groups is 2. The molecule has 1 saturated heterocycles. The molecule has 0 saturated carbocycles. The van der Waals surface area contributed by atoms with Crippen molar-refractivity contribution in [2.45, 2.75) is 19.8 Å². The number of anilines is 1. The summed E-state index contributed by atoms with van der Waals surface area (Å²) in [7, 11) is 0. The van der Waals surface area contributed by atoms with Crippen molar-refractivity contribution in [3.8, 4) is 11.3 Å². The molecule has 0 atom stereocenters. The van der Waals surface area contributed by atoms with Crippen molar-refractivity contribution >= 4 is 44.2 Å². The lowest BCUT2D eigenvalue weighted by atomic mass is 9.95. The minimum absolute atomic E-state index is 0.0188. The second-order valence-corrected chi connectivity index (χ2v) is 9.19. The van der Waals surface area contributed by atoms with Crippen LogP contribution in [0.4, 0.5) is 5.13 Å². The number of benzene rings is 2. The summed E-state index contributed by atoms with van der Waals surface area (Å²) in [6, 6.07) is 15.6. The predicted molar refractivity (Wildman–Crippen MR) is 124 cm³/mol. The van der Waals surface area contributed by atoms with Gasteiger partial charge in [0, 0.05) is 40.0 Å². The lowest BCUT2D eigenvalue weighted by Crippen LogP contribution is -2.41. The molecule has 2 heterocycles. The number of carbonyl (C=O) groups excluding carboxylic acids is 2. The van der Waals surface area contributed by atoms with Crippen LogP contribution in [0, 0.1) is 12.8 Å². The summed E-state index contributed by atoms with van der Waals surface area (Å²) in [6.45, 7) is 3.13. The molecule has 1 N–H and O–H groups in total. The van der Waals surface area contributed by atoms with E-state index < -0.39 is 0 Å². The van der Waals surface area contributed by atoms with Gasteiger partial charge in [-0.25, -0.2) is 4.98 Å². The van der Waals surface area contributed by atoms with E-state index in [1.165, 1.54) is 11.3 Å². The highest BCUT2D eigenvalue weighted by Crippen LogP contribution is 2.27. The van der Waals surface area contributed by atoms with Crippen LogP contribution in [0.2, 0.25) is 0 Å². The third kappa shape index (κ3) is 4.63. The average Bonchev–Trinajstić information content (AvgIpc) is 3.22. The minimum atomic E-state index is -0.106. The van der Waals surface area contributed by atoms with Gasteiger partial charge in [0.05, 0.1) is 5.69 Å². The second-order valence-electron chi connectivity index (χ2n) is 7.42. The lowest BCUT2D eigenvalue weighted by molar-refractivity contribution is -0.121. The number of rotatable bonds is 4. The monoisotopic (exact) mass is 483 g/mol. The third-order valence-corrected chi connectivity index (χ3v) is 6.69. The van der Waals surface area contributed by atoms with E-state index in [2.05, 4.69) is 26.2 Å². The zero-order chi connectivity index (χ0) is 21.1. The van der Waals surface area contributed by atoms with Gasteiger partial charge >= 0.3 is 0 Å². The maximum Gasteiger partial charge on any atom is 0.254 e. The van der Waals surface area contributed by atoms with Gasteiger partial charge in [-0.05, 0) is 43.5 Å². The molecule has 0 unspecified atom stereocenters. The first kappa shape index (κ1) is 20.8. The smallest absolute Gasteiger partial charge is 0.254 e. The number of hydrogen-bond donors (Lipinski definition) is 1. The first-order valence-electron chi connectivity index (χ1n) is 9.88. The SMILES string of the molecule is Cc1ccccc1C(=O)N1CCC(C(=O)Nc2nc(-c3ccc(Br)cc3)cs2)CC1. The molecule has 1 aromatic heterocycles. The van der Waals surface area contributed by atoms with Gasteiger partial charge < -0.3 is 10.2 Å². The van der Waals surface area contributed by atoms with Crippen LogP contribution in [0.25, 0.3) is 11.3 Å². The molecule has 1 aliphatic heterocycles. The number of nitrogens with zero attached hydrogens (tertiary/aromatic N) is 2. The zero-order valence-corrected chi connectivity index (χ0v) is 19.0. The van der Waals surface area contributed by atoms with Crippen LogP contribution in [0.15, 0.2) is 58.4 Å². The van der Waals surface area contributed by atoms with Crippen molar-refractivity contribution in [3.63, 3.8) is 0 Å². The van der Waals surface area contributed by atoms with Gasteiger partial charge in [-0.3, -0.25) is 9.59 Å². The van der Waals surface area contributed by atoms with Crippen LogP contribution >= 0.6 is 27.3 Å². The molecule has 0 radical (unpaired) electrons. The fourth-order valence-electron chi connectivity index (χ4n) is 3.62. The number of thiazole rings is 1. The van der Waals surface area contributed by atoms with E-state index in [0.29, 0.717) is 31.1 Å². The van der Waals surface area contributed by atoms with E-state index in [1.54, 1.807) is 0 Å². The average molecular weight is 484 g/mol. The molecule has 5 nitrogen and oxygen atoms in total. The molecule has 0 aliphatic carbocycles. The van der Waals surface area contributed by atoms with Gasteiger partial charge in [-0.2, -0.15) is 0 Å². The second kappa shape index (κ2) is 9.10. The molecule has 1 aliphatic rings. The number of aromatic nitrogens is 1. The summed E-state index contributed by atoms with van der Waals surface area (Å²) in [5.74, 6) is -0.0772. The Morgan fingerprint density at radius 2 is 1.80 bits per heavy atom. The molecule has 3 aromatic rings. The Kier molecular flexibility index (Phi) is 6.29. The molecule has 0 bridgehead atoms. The number of amides is 2. The van der Waals surface area contributed by atoms with Crippen LogP contribution in [-0.2, 0) is 4.79 Å². The first-order chi connectivity index (χ1) is 14.5. The Labute approximate surface area is 188 Å². The summed E-state index contributed by atoms with van der Waals surface area (Å²) in [4.78, 5) is 31.9. The van der Waals surface area contributed by atoms with Crippen LogP contribution in [-0.4, -0.2) is 34.8 Å². The van der Waals surface area contributed by atoms with Gasteiger partial charge in [0.1, 0.15) is 0 Å². The fraction of sp³-hybridized carbons (Fsp3) is 0.261. The van der Waals surface area contributed by atoms with E-state index >= 15 is 0 Å². The van der Waals surface area contributed by atoms with E-state index in [9.17, 15) is 9.59 Å². The number of halogens is 1. The number of piperidine rings is 1. The highest BCUT2D eigenvalue weighted by Gasteiger charge is 2.28. The normalized spacial score (nSPS) is 14.5. The topological polar surface area (TPSA) is 62.3 Å². The highest BCUT2D eigenvalue weighted by molar-refractivity contribution is 9.10. The van der Waals surface area contributed by atoms with Gasteiger partial charge in [0.25, 0.3) is 5.91 Å². The molecule has 4 rings (SSSR count). The quantitative estimate of drug-likeness (QED) is 0.542. The van der Waals surface area contributed by atoms with Gasteiger partial charge in [-0.1, -0.05) is 46.3 Å². The van der Waals surface area contributed by atoms with Crippen molar-refractivity contribution in [1.29, 1.82) is 0 Å². The molecule has 2 amide bonds. The summed E-state index contributed by atoms with van der Waals surface area (Å²) in [6.07, 6.45) is 1.32. The van der Waals surface area contributed by atoms with Crippen LogP contribution in [0.3, 0.4) is 0 Å². The Hall–Kier alpha value is -2.51. The van der Waals surface area contributed by atoms with Crippen LogP contribution in [0.5, 0.6) is 0 Å². The zero-order valence-electron chi connectivity index (χ0n) is 16.6. The Balaban J connectivity index is 1.33.